The van der Waals surface area contributed by atoms with E-state index in [2.05, 4.69) is 0 Å². The highest BCUT2D eigenvalue weighted by atomic mass is 32.2. The molecule has 1 aromatic rings. The van der Waals surface area contributed by atoms with E-state index in [-0.39, 0.29) is 23.4 Å². The maximum atomic E-state index is 12.3. The predicted octanol–water partition coefficient (Wildman–Crippen LogP) is 0.0251. The zero-order chi connectivity index (χ0) is 15.3. The van der Waals surface area contributed by atoms with Crippen molar-refractivity contribution in [2.24, 2.45) is 0 Å². The Morgan fingerprint density at radius 1 is 1.48 bits per heavy atom. The van der Waals surface area contributed by atoms with Crippen molar-refractivity contribution in [1.82, 2.24) is 4.90 Å². The lowest BCUT2D eigenvalue weighted by atomic mass is 10.2. The van der Waals surface area contributed by atoms with Crippen molar-refractivity contribution in [2.75, 3.05) is 38.6 Å². The van der Waals surface area contributed by atoms with E-state index in [4.69, 9.17) is 15.1 Å². The monoisotopic (exact) mass is 310 g/mol. The van der Waals surface area contributed by atoms with E-state index < -0.39 is 9.84 Å². The summed E-state index contributed by atoms with van der Waals surface area (Å²) in [5.74, 6) is -0.0139. The van der Waals surface area contributed by atoms with Gasteiger partial charge in [0.2, 0.25) is 0 Å². The van der Waals surface area contributed by atoms with Crippen LogP contribution in [0.5, 0.6) is 0 Å². The summed E-state index contributed by atoms with van der Waals surface area (Å²) in [6.45, 7) is 2.01. The van der Waals surface area contributed by atoms with Gasteiger partial charge in [0.05, 0.1) is 41.6 Å². The molecule has 7 heteroatoms. The minimum absolute atomic E-state index is 0.0139. The highest BCUT2D eigenvalue weighted by Gasteiger charge is 2.22. The summed E-state index contributed by atoms with van der Waals surface area (Å²) in [4.78, 5) is 2.14. The Kier molecular flexibility index (Phi) is 5.31. The van der Waals surface area contributed by atoms with Gasteiger partial charge in [-0.15, -0.1) is 0 Å². The van der Waals surface area contributed by atoms with Gasteiger partial charge in [-0.05, 0) is 18.2 Å². The summed E-state index contributed by atoms with van der Waals surface area (Å²) in [7, 11) is -3.41. The van der Waals surface area contributed by atoms with Gasteiger partial charge in [-0.3, -0.25) is 4.90 Å². The molecule has 0 aromatic heterocycles. The fourth-order valence-electron chi connectivity index (χ4n) is 2.22. The second kappa shape index (κ2) is 7.00. The van der Waals surface area contributed by atoms with Crippen LogP contribution >= 0.6 is 0 Å². The maximum absolute atomic E-state index is 12.3. The van der Waals surface area contributed by atoms with Gasteiger partial charge in [0, 0.05) is 19.6 Å². The van der Waals surface area contributed by atoms with Crippen LogP contribution in [0.2, 0.25) is 0 Å². The van der Waals surface area contributed by atoms with E-state index in [0.29, 0.717) is 31.8 Å². The Labute approximate surface area is 124 Å². The molecule has 1 fully saturated rings. The molecule has 1 unspecified atom stereocenters. The van der Waals surface area contributed by atoms with Gasteiger partial charge in [-0.2, -0.15) is 5.26 Å². The second-order valence-electron chi connectivity index (χ2n) is 4.93. The van der Waals surface area contributed by atoms with Crippen LogP contribution in [-0.4, -0.2) is 63.1 Å². The molecule has 1 heterocycles. The first-order valence-electron chi connectivity index (χ1n) is 6.73. The number of sulfone groups is 1. The minimum atomic E-state index is -3.41. The summed E-state index contributed by atoms with van der Waals surface area (Å²) < 4.78 is 29.9. The van der Waals surface area contributed by atoms with Gasteiger partial charge >= 0.3 is 0 Å². The number of ether oxygens (including phenoxy) is 1. The number of rotatable bonds is 5. The smallest absolute Gasteiger partial charge is 0.179 e. The SMILES string of the molecule is N#Cc1cccc(S(=O)(=O)CCN2CCOC(CO)C2)c1. The first-order chi connectivity index (χ1) is 10.0. The van der Waals surface area contributed by atoms with Crippen molar-refractivity contribution in [3.05, 3.63) is 29.8 Å². The number of nitrogens with zero attached hydrogens (tertiary/aromatic N) is 2. The molecule has 1 aliphatic heterocycles. The molecule has 0 amide bonds. The molecular weight excluding hydrogens is 292 g/mol. The van der Waals surface area contributed by atoms with Crippen molar-refractivity contribution in [1.29, 1.82) is 5.26 Å². The van der Waals surface area contributed by atoms with Gasteiger partial charge in [-0.25, -0.2) is 8.42 Å². The molecule has 1 aromatic carbocycles. The van der Waals surface area contributed by atoms with Crippen molar-refractivity contribution >= 4 is 9.84 Å². The second-order valence-corrected chi connectivity index (χ2v) is 7.04. The van der Waals surface area contributed by atoms with E-state index in [9.17, 15) is 8.42 Å². The average molecular weight is 310 g/mol. The number of hydrogen-bond donors (Lipinski definition) is 1. The quantitative estimate of drug-likeness (QED) is 0.825. The number of benzene rings is 1. The van der Waals surface area contributed by atoms with Gasteiger partial charge in [0.1, 0.15) is 0 Å². The fraction of sp³-hybridized carbons (Fsp3) is 0.500. The fourth-order valence-corrected chi connectivity index (χ4v) is 3.55. The normalized spacial score (nSPS) is 20.1. The Bertz CT molecular complexity index is 624. The largest absolute Gasteiger partial charge is 0.394 e. The van der Waals surface area contributed by atoms with Crippen LogP contribution in [0.4, 0.5) is 0 Å². The third kappa shape index (κ3) is 4.25. The summed E-state index contributed by atoms with van der Waals surface area (Å²) >= 11 is 0. The first kappa shape index (κ1) is 15.9. The minimum Gasteiger partial charge on any atom is -0.394 e. The summed E-state index contributed by atoms with van der Waals surface area (Å²) in [5, 5.41) is 17.9. The standard InChI is InChI=1S/C14H18N2O4S/c15-9-12-2-1-3-14(8-12)21(18,19)7-5-16-4-6-20-13(10-16)11-17/h1-3,8,13,17H,4-7,10-11H2. The van der Waals surface area contributed by atoms with Crippen LogP contribution < -0.4 is 0 Å². The third-order valence-electron chi connectivity index (χ3n) is 3.43. The third-order valence-corrected chi connectivity index (χ3v) is 5.12. The molecule has 6 nitrogen and oxygen atoms in total. The van der Waals surface area contributed by atoms with Crippen molar-refractivity contribution < 1.29 is 18.3 Å². The molecule has 0 saturated carbocycles. The molecule has 0 aliphatic carbocycles. The van der Waals surface area contributed by atoms with Crippen LogP contribution in [0.1, 0.15) is 5.56 Å². The van der Waals surface area contributed by atoms with E-state index in [1.54, 1.807) is 12.1 Å². The number of aliphatic hydroxyl groups is 1. The number of nitriles is 1. The van der Waals surface area contributed by atoms with E-state index >= 15 is 0 Å². The lowest BCUT2D eigenvalue weighted by Gasteiger charge is -2.31. The zero-order valence-corrected chi connectivity index (χ0v) is 12.4. The topological polar surface area (TPSA) is 90.6 Å². The van der Waals surface area contributed by atoms with E-state index in [0.717, 1.165) is 0 Å². The van der Waals surface area contributed by atoms with Crippen LogP contribution in [0.3, 0.4) is 0 Å². The van der Waals surface area contributed by atoms with Crippen molar-refractivity contribution in [3.8, 4) is 6.07 Å². The number of hydrogen-bond acceptors (Lipinski definition) is 6. The van der Waals surface area contributed by atoms with Crippen LogP contribution in [0.25, 0.3) is 0 Å². The molecule has 0 spiro atoms. The average Bonchev–Trinajstić information content (AvgIpc) is 2.53. The lowest BCUT2D eigenvalue weighted by molar-refractivity contribution is -0.0510. The summed E-state index contributed by atoms with van der Waals surface area (Å²) in [5.41, 5.74) is 0.336. The summed E-state index contributed by atoms with van der Waals surface area (Å²) in [6, 6.07) is 7.99. The first-order valence-corrected chi connectivity index (χ1v) is 8.38. The molecule has 1 atom stereocenters. The Balaban J connectivity index is 1.99. The van der Waals surface area contributed by atoms with E-state index in [1.807, 2.05) is 11.0 Å². The Morgan fingerprint density at radius 3 is 3.00 bits per heavy atom. The van der Waals surface area contributed by atoms with Gasteiger partial charge in [0.25, 0.3) is 0 Å². The van der Waals surface area contributed by atoms with Gasteiger partial charge < -0.3 is 9.84 Å². The Hall–Kier alpha value is -1.46. The molecule has 2 rings (SSSR count). The van der Waals surface area contributed by atoms with E-state index in [1.165, 1.54) is 12.1 Å². The molecular formula is C14H18N2O4S. The number of morpholine rings is 1. The lowest BCUT2D eigenvalue weighted by Crippen LogP contribution is -2.45. The molecule has 0 radical (unpaired) electrons. The number of aliphatic hydroxyl groups excluding tert-OH is 1. The zero-order valence-electron chi connectivity index (χ0n) is 11.6. The van der Waals surface area contributed by atoms with Crippen LogP contribution in [0.15, 0.2) is 29.2 Å². The van der Waals surface area contributed by atoms with Crippen LogP contribution in [0, 0.1) is 11.3 Å². The van der Waals surface area contributed by atoms with Crippen LogP contribution in [-0.2, 0) is 14.6 Å². The predicted molar refractivity (Wildman–Crippen MR) is 76.5 cm³/mol. The molecule has 1 aliphatic rings. The summed E-state index contributed by atoms with van der Waals surface area (Å²) in [6.07, 6.45) is -0.247. The van der Waals surface area contributed by atoms with Crippen molar-refractivity contribution in [3.63, 3.8) is 0 Å². The Morgan fingerprint density at radius 2 is 2.29 bits per heavy atom. The van der Waals surface area contributed by atoms with Crippen molar-refractivity contribution in [2.45, 2.75) is 11.0 Å². The molecule has 21 heavy (non-hydrogen) atoms. The van der Waals surface area contributed by atoms with Gasteiger partial charge in [0.15, 0.2) is 9.84 Å². The molecule has 1 saturated heterocycles. The molecule has 1 N–H and O–H groups in total. The van der Waals surface area contributed by atoms with Gasteiger partial charge in [-0.1, -0.05) is 6.07 Å². The maximum Gasteiger partial charge on any atom is 0.179 e. The molecule has 0 bridgehead atoms. The molecule has 114 valence electrons. The highest BCUT2D eigenvalue weighted by Crippen LogP contribution is 2.14. The highest BCUT2D eigenvalue weighted by molar-refractivity contribution is 7.91.